The number of amides is 1. The van der Waals surface area contributed by atoms with Gasteiger partial charge < -0.3 is 24.6 Å². The predicted molar refractivity (Wildman–Crippen MR) is 140 cm³/mol. The Hall–Kier alpha value is -1.96. The van der Waals surface area contributed by atoms with E-state index in [1.165, 1.54) is 16.2 Å². The molecule has 12 heteroatoms. The SMILES string of the molecule is CCOc1nc(Nc2ccc(C(=O)N3CCN(C)CC3)c(Cl)c2OC)nc2c1ccn2SI. The van der Waals surface area contributed by atoms with Crippen LogP contribution < -0.4 is 14.8 Å². The van der Waals surface area contributed by atoms with E-state index in [-0.39, 0.29) is 10.9 Å². The standard InChI is InChI=1S/C21H24ClIN6O3S/c1-4-32-19-14-7-8-29(33-23)18(14)25-21(26-19)24-15-6-5-13(16(22)17(15)31-3)20(30)28-11-9-27(2)10-12-28/h5-8H,4,9-12H2,1-3H3,(H,24,25,26). The highest BCUT2D eigenvalue weighted by Gasteiger charge is 2.25. The summed E-state index contributed by atoms with van der Waals surface area (Å²) in [7, 11) is 5.06. The largest absolute Gasteiger partial charge is 0.493 e. The van der Waals surface area contributed by atoms with Crippen molar-refractivity contribution in [2.45, 2.75) is 6.92 Å². The van der Waals surface area contributed by atoms with E-state index in [9.17, 15) is 4.79 Å². The second-order valence-corrected chi connectivity index (χ2v) is 9.55. The van der Waals surface area contributed by atoms with Gasteiger partial charge in [0.15, 0.2) is 11.4 Å². The highest BCUT2D eigenvalue weighted by Crippen LogP contribution is 2.38. The minimum Gasteiger partial charge on any atom is -0.493 e. The van der Waals surface area contributed by atoms with E-state index in [0.29, 0.717) is 48.5 Å². The highest BCUT2D eigenvalue weighted by atomic mass is 127. The summed E-state index contributed by atoms with van der Waals surface area (Å²) in [6, 6.07) is 5.39. The van der Waals surface area contributed by atoms with E-state index >= 15 is 0 Å². The number of aromatic nitrogens is 3. The van der Waals surface area contributed by atoms with Gasteiger partial charge in [-0.3, -0.25) is 8.77 Å². The Morgan fingerprint density at radius 2 is 2.00 bits per heavy atom. The number of hydrogen-bond acceptors (Lipinski definition) is 8. The summed E-state index contributed by atoms with van der Waals surface area (Å²) in [4.78, 5) is 26.2. The fourth-order valence-electron chi connectivity index (χ4n) is 3.64. The first-order valence-corrected chi connectivity index (χ1v) is 14.1. The lowest BCUT2D eigenvalue weighted by molar-refractivity contribution is 0.0664. The van der Waals surface area contributed by atoms with Crippen LogP contribution in [0.1, 0.15) is 17.3 Å². The molecule has 1 aliphatic heterocycles. The van der Waals surface area contributed by atoms with E-state index in [2.05, 4.69) is 41.4 Å². The summed E-state index contributed by atoms with van der Waals surface area (Å²) in [6.45, 7) is 5.38. The Morgan fingerprint density at radius 1 is 1.24 bits per heavy atom. The number of ether oxygens (including phenoxy) is 2. The van der Waals surface area contributed by atoms with Crippen molar-refractivity contribution in [3.05, 3.63) is 35.0 Å². The fraction of sp³-hybridized carbons (Fsp3) is 0.381. The van der Waals surface area contributed by atoms with Crippen molar-refractivity contribution in [3.8, 4) is 11.6 Å². The highest BCUT2D eigenvalue weighted by molar-refractivity contribution is 14.2. The van der Waals surface area contributed by atoms with Crippen molar-refractivity contribution in [3.63, 3.8) is 0 Å². The zero-order chi connectivity index (χ0) is 23.5. The van der Waals surface area contributed by atoms with Crippen LogP contribution in [0.5, 0.6) is 11.6 Å². The van der Waals surface area contributed by atoms with E-state index in [4.69, 9.17) is 21.1 Å². The molecule has 1 amide bonds. The van der Waals surface area contributed by atoms with E-state index < -0.39 is 0 Å². The van der Waals surface area contributed by atoms with Crippen LogP contribution in [-0.4, -0.2) is 76.6 Å². The lowest BCUT2D eigenvalue weighted by atomic mass is 10.1. The molecule has 176 valence electrons. The molecule has 0 unspecified atom stereocenters. The summed E-state index contributed by atoms with van der Waals surface area (Å²) >= 11 is 8.83. The molecule has 0 bridgehead atoms. The zero-order valence-corrected chi connectivity index (χ0v) is 22.2. The minimum atomic E-state index is -0.105. The van der Waals surface area contributed by atoms with Gasteiger partial charge >= 0.3 is 0 Å². The van der Waals surface area contributed by atoms with Gasteiger partial charge in [-0.2, -0.15) is 9.97 Å². The maximum atomic E-state index is 13.1. The van der Waals surface area contributed by atoms with Crippen LogP contribution in [0.3, 0.4) is 0 Å². The van der Waals surface area contributed by atoms with E-state index in [1.807, 2.05) is 35.1 Å². The Morgan fingerprint density at radius 3 is 2.67 bits per heavy atom. The van der Waals surface area contributed by atoms with Crippen molar-refractivity contribution in [1.82, 2.24) is 23.7 Å². The molecule has 1 N–H and O–H groups in total. The van der Waals surface area contributed by atoms with Crippen molar-refractivity contribution in [1.29, 1.82) is 0 Å². The van der Waals surface area contributed by atoms with Crippen LogP contribution in [0.4, 0.5) is 11.6 Å². The second kappa shape index (κ2) is 10.5. The molecule has 0 saturated carbocycles. The third kappa shape index (κ3) is 4.96. The number of anilines is 2. The lowest BCUT2D eigenvalue weighted by Gasteiger charge is -2.32. The van der Waals surface area contributed by atoms with Crippen LogP contribution in [0.25, 0.3) is 11.0 Å². The molecule has 0 radical (unpaired) electrons. The first kappa shape index (κ1) is 24.2. The number of hydrogen-bond donors (Lipinski definition) is 1. The maximum Gasteiger partial charge on any atom is 0.255 e. The van der Waals surface area contributed by atoms with Gasteiger partial charge in [0, 0.05) is 62.7 Å². The van der Waals surface area contributed by atoms with Gasteiger partial charge in [0.1, 0.15) is 0 Å². The Balaban J connectivity index is 1.66. The number of likely N-dealkylation sites (N-methyl/N-ethyl adjacent to an activating group) is 1. The molecule has 3 heterocycles. The number of fused-ring (bicyclic) bond motifs is 1. The van der Waals surface area contributed by atoms with Gasteiger partial charge in [0.2, 0.25) is 11.8 Å². The monoisotopic (exact) mass is 602 g/mol. The first-order valence-electron chi connectivity index (χ1n) is 10.4. The van der Waals surface area contributed by atoms with Crippen molar-refractivity contribution in [2.24, 2.45) is 0 Å². The molecule has 0 spiro atoms. The van der Waals surface area contributed by atoms with Crippen LogP contribution in [0.2, 0.25) is 5.02 Å². The normalized spacial score (nSPS) is 14.5. The Kier molecular flexibility index (Phi) is 7.72. The fourth-order valence-corrected chi connectivity index (χ4v) is 5.23. The third-order valence-corrected chi connectivity index (χ3v) is 7.49. The average Bonchev–Trinajstić information content (AvgIpc) is 3.23. The van der Waals surface area contributed by atoms with Gasteiger partial charge in [0.25, 0.3) is 5.91 Å². The van der Waals surface area contributed by atoms with Crippen LogP contribution in [-0.2, 0) is 0 Å². The molecule has 1 aromatic carbocycles. The number of halogens is 2. The number of rotatable bonds is 7. The molecular formula is C21H24ClIN6O3S. The summed E-state index contributed by atoms with van der Waals surface area (Å²) in [5, 5.41) is 4.26. The van der Waals surface area contributed by atoms with Crippen LogP contribution in [0, 0.1) is 0 Å². The average molecular weight is 603 g/mol. The molecule has 2 aromatic heterocycles. The summed E-state index contributed by atoms with van der Waals surface area (Å²) in [5.74, 6) is 1.08. The first-order chi connectivity index (χ1) is 16.0. The third-order valence-electron chi connectivity index (χ3n) is 5.40. The van der Waals surface area contributed by atoms with Crippen molar-refractivity contribution in [2.75, 3.05) is 52.3 Å². The lowest BCUT2D eigenvalue weighted by Crippen LogP contribution is -2.47. The van der Waals surface area contributed by atoms with Crippen LogP contribution >= 0.6 is 41.9 Å². The maximum absolute atomic E-state index is 13.1. The number of carbonyl (C=O) groups is 1. The van der Waals surface area contributed by atoms with Crippen LogP contribution in [0.15, 0.2) is 24.4 Å². The number of nitrogens with zero attached hydrogens (tertiary/aromatic N) is 5. The number of carbonyl (C=O) groups excluding carboxylic acids is 1. The van der Waals surface area contributed by atoms with E-state index in [0.717, 1.165) is 24.1 Å². The number of piperazine rings is 1. The molecule has 3 aromatic rings. The van der Waals surface area contributed by atoms with Crippen molar-refractivity contribution >= 4 is 70.5 Å². The number of nitrogens with one attached hydrogen (secondary N) is 1. The molecule has 1 saturated heterocycles. The summed E-state index contributed by atoms with van der Waals surface area (Å²) in [5.41, 5.74) is 1.69. The molecule has 9 nitrogen and oxygen atoms in total. The molecule has 0 aliphatic carbocycles. The molecule has 33 heavy (non-hydrogen) atoms. The quantitative estimate of drug-likeness (QED) is 0.397. The van der Waals surface area contributed by atoms with Gasteiger partial charge in [-0.15, -0.1) is 0 Å². The predicted octanol–water partition coefficient (Wildman–Crippen LogP) is 4.47. The topological polar surface area (TPSA) is 84.8 Å². The molecule has 0 atom stereocenters. The van der Waals surface area contributed by atoms with Crippen molar-refractivity contribution < 1.29 is 14.3 Å². The second-order valence-electron chi connectivity index (χ2n) is 7.46. The molecular weight excluding hydrogens is 579 g/mol. The smallest absolute Gasteiger partial charge is 0.255 e. The minimum absolute atomic E-state index is 0.105. The Bertz CT molecular complexity index is 1170. The van der Waals surface area contributed by atoms with E-state index in [1.54, 1.807) is 12.1 Å². The van der Waals surface area contributed by atoms with Gasteiger partial charge in [0.05, 0.1) is 35.4 Å². The Labute approximate surface area is 213 Å². The number of benzene rings is 1. The molecule has 1 aliphatic rings. The summed E-state index contributed by atoms with van der Waals surface area (Å²) < 4.78 is 13.2. The number of methoxy groups -OCH3 is 1. The molecule has 1 fully saturated rings. The summed E-state index contributed by atoms with van der Waals surface area (Å²) in [6.07, 6.45) is 1.92. The molecule has 4 rings (SSSR count). The zero-order valence-electron chi connectivity index (χ0n) is 18.5. The van der Waals surface area contributed by atoms with Gasteiger partial charge in [-0.1, -0.05) is 11.6 Å². The van der Waals surface area contributed by atoms with Gasteiger partial charge in [-0.25, -0.2) is 0 Å². The van der Waals surface area contributed by atoms with Gasteiger partial charge in [-0.05, 0) is 32.2 Å².